The predicted octanol–water partition coefficient (Wildman–Crippen LogP) is 5.87. The molecule has 11 heteroatoms. The van der Waals surface area contributed by atoms with Gasteiger partial charge in [-0.25, -0.2) is 4.98 Å². The molecule has 1 saturated heterocycles. The molecule has 1 aliphatic rings. The average molecular weight is 537 g/mol. The van der Waals surface area contributed by atoms with E-state index in [4.69, 9.17) is 16.3 Å². The van der Waals surface area contributed by atoms with Crippen molar-refractivity contribution < 1.29 is 27.5 Å². The van der Waals surface area contributed by atoms with Gasteiger partial charge in [0.2, 0.25) is 5.91 Å². The Morgan fingerprint density at radius 3 is 2.46 bits per heavy atom. The molecule has 37 heavy (non-hydrogen) atoms. The fourth-order valence-corrected chi connectivity index (χ4v) is 5.08. The highest BCUT2D eigenvalue weighted by Gasteiger charge is 2.39. The maximum absolute atomic E-state index is 14.5. The van der Waals surface area contributed by atoms with E-state index in [0.29, 0.717) is 37.2 Å². The number of piperidine rings is 1. The van der Waals surface area contributed by atoms with Gasteiger partial charge in [-0.2, -0.15) is 13.2 Å². The molecule has 0 atom stereocenters. The van der Waals surface area contributed by atoms with Gasteiger partial charge in [0.1, 0.15) is 11.4 Å². The zero-order chi connectivity index (χ0) is 27.1. The zero-order valence-corrected chi connectivity index (χ0v) is 21.7. The average Bonchev–Trinajstić information content (AvgIpc) is 3.18. The van der Waals surface area contributed by atoms with Gasteiger partial charge in [-0.1, -0.05) is 25.4 Å². The van der Waals surface area contributed by atoms with Crippen molar-refractivity contribution in [3.8, 4) is 5.75 Å². The van der Waals surface area contributed by atoms with Crippen LogP contribution in [0, 0.1) is 5.92 Å². The molecule has 0 aliphatic carbocycles. The summed E-state index contributed by atoms with van der Waals surface area (Å²) in [5, 5.41) is 2.55. The van der Waals surface area contributed by atoms with Crippen LogP contribution in [0.2, 0.25) is 5.02 Å². The third-order valence-corrected chi connectivity index (χ3v) is 6.87. The van der Waals surface area contributed by atoms with Crippen molar-refractivity contribution >= 4 is 40.1 Å². The highest BCUT2D eigenvalue weighted by atomic mass is 35.5. The van der Waals surface area contributed by atoms with E-state index in [2.05, 4.69) is 10.3 Å². The van der Waals surface area contributed by atoms with E-state index < -0.39 is 23.3 Å². The summed E-state index contributed by atoms with van der Waals surface area (Å²) in [5.74, 6) is -0.760. The molecule has 3 aromatic rings. The molecule has 3 heterocycles. The predicted molar refractivity (Wildman–Crippen MR) is 135 cm³/mol. The fraction of sp³-hybridized carbons (Fsp3) is 0.423. The van der Waals surface area contributed by atoms with Gasteiger partial charge >= 0.3 is 6.18 Å². The van der Waals surface area contributed by atoms with Crippen molar-refractivity contribution in [1.82, 2.24) is 14.5 Å². The van der Waals surface area contributed by atoms with Crippen LogP contribution < -0.4 is 10.1 Å². The van der Waals surface area contributed by atoms with E-state index >= 15 is 0 Å². The number of aryl methyl sites for hydroxylation is 1. The van der Waals surface area contributed by atoms with Crippen LogP contribution in [0.4, 0.5) is 18.9 Å². The van der Waals surface area contributed by atoms with E-state index in [9.17, 15) is 22.8 Å². The number of rotatable bonds is 5. The Morgan fingerprint density at radius 1 is 1.19 bits per heavy atom. The Labute approximate surface area is 217 Å². The molecule has 2 amide bonds. The number of ether oxygens (including phenoxy) is 1. The van der Waals surface area contributed by atoms with Crippen LogP contribution in [0.5, 0.6) is 5.75 Å². The Balaban J connectivity index is 1.74. The fourth-order valence-electron chi connectivity index (χ4n) is 4.86. The lowest BCUT2D eigenvalue weighted by Crippen LogP contribution is -2.40. The molecular weight excluding hydrogens is 509 g/mol. The summed E-state index contributed by atoms with van der Waals surface area (Å²) in [7, 11) is 3.04. The van der Waals surface area contributed by atoms with Crippen LogP contribution in [0.15, 0.2) is 30.6 Å². The highest BCUT2D eigenvalue weighted by molar-refractivity contribution is 6.31. The topological polar surface area (TPSA) is 76.5 Å². The number of amides is 2. The molecule has 1 aromatic carbocycles. The maximum Gasteiger partial charge on any atom is 0.419 e. The molecule has 0 radical (unpaired) electrons. The third-order valence-electron chi connectivity index (χ3n) is 6.66. The smallest absolute Gasteiger partial charge is 0.419 e. The van der Waals surface area contributed by atoms with Gasteiger partial charge in [0, 0.05) is 48.2 Å². The molecule has 0 unspecified atom stereocenters. The lowest BCUT2D eigenvalue weighted by atomic mass is 9.87. The van der Waals surface area contributed by atoms with Gasteiger partial charge in [0.25, 0.3) is 5.91 Å². The molecular formula is C26H28ClF3N4O3. The number of aromatic nitrogens is 2. The van der Waals surface area contributed by atoms with Gasteiger partial charge in [-0.15, -0.1) is 0 Å². The van der Waals surface area contributed by atoms with Crippen LogP contribution in [0.3, 0.4) is 0 Å². The summed E-state index contributed by atoms with van der Waals surface area (Å²) in [5.41, 5.74) is -0.659. The largest absolute Gasteiger partial charge is 0.497 e. The number of benzene rings is 1. The van der Waals surface area contributed by atoms with Crippen LogP contribution in [0.1, 0.15) is 54.1 Å². The molecule has 1 fully saturated rings. The van der Waals surface area contributed by atoms with Gasteiger partial charge < -0.3 is 19.5 Å². The summed E-state index contributed by atoms with van der Waals surface area (Å²) in [6.07, 6.45) is -0.995. The van der Waals surface area contributed by atoms with E-state index in [-0.39, 0.29) is 39.4 Å². The minimum Gasteiger partial charge on any atom is -0.497 e. The second-order valence-electron chi connectivity index (χ2n) is 9.53. The quantitative estimate of drug-likeness (QED) is 0.442. The zero-order valence-electron chi connectivity index (χ0n) is 20.9. The number of fused-ring (bicyclic) bond motifs is 1. The Kier molecular flexibility index (Phi) is 7.41. The van der Waals surface area contributed by atoms with Gasteiger partial charge in [-0.05, 0) is 42.5 Å². The molecule has 0 spiro atoms. The SMILES string of the molecule is COc1cc(Cl)cc(C(=O)Nc2cnc3c(c(C4CCN(C(=O)C(C)C)CC4)cn3C)c2C(F)(F)F)c1. The summed E-state index contributed by atoms with van der Waals surface area (Å²) in [4.78, 5) is 31.3. The number of nitrogens with zero attached hydrogens (tertiary/aromatic N) is 3. The number of carbonyl (C=O) groups excluding carboxylic acids is 2. The minimum atomic E-state index is -4.76. The van der Waals surface area contributed by atoms with Crippen LogP contribution in [-0.4, -0.2) is 46.5 Å². The molecule has 1 aliphatic heterocycles. The Morgan fingerprint density at radius 2 is 1.86 bits per heavy atom. The number of methoxy groups -OCH3 is 1. The number of carbonyl (C=O) groups is 2. The Bertz CT molecular complexity index is 1350. The molecule has 7 nitrogen and oxygen atoms in total. The van der Waals surface area contributed by atoms with Crippen molar-refractivity contribution in [3.05, 3.63) is 52.3 Å². The number of hydrogen-bond acceptors (Lipinski definition) is 4. The number of likely N-dealkylation sites (tertiary alicyclic amines) is 1. The van der Waals surface area contributed by atoms with E-state index in [1.165, 1.54) is 25.3 Å². The summed E-state index contributed by atoms with van der Waals surface area (Å²) in [6.45, 7) is 4.60. The first-order chi connectivity index (χ1) is 17.4. The number of halogens is 4. The van der Waals surface area contributed by atoms with E-state index in [0.717, 1.165) is 6.20 Å². The van der Waals surface area contributed by atoms with Gasteiger partial charge in [-0.3, -0.25) is 9.59 Å². The summed E-state index contributed by atoms with van der Waals surface area (Å²) >= 11 is 6.03. The first kappa shape index (κ1) is 26.8. The molecule has 4 rings (SSSR count). The molecule has 198 valence electrons. The monoisotopic (exact) mass is 536 g/mol. The first-order valence-electron chi connectivity index (χ1n) is 11.9. The molecule has 0 bridgehead atoms. The van der Waals surface area contributed by atoms with Crippen molar-refractivity contribution in [2.45, 2.75) is 38.8 Å². The standard InChI is InChI=1S/C26H28ClF3N4O3/c1-14(2)25(36)34-7-5-15(6-8-34)19-13-33(3)23-21(19)22(26(28,29)30)20(12-31-23)32-24(35)16-9-17(27)11-18(10-16)37-4/h9-15H,5-8H2,1-4H3,(H,32,35). The normalized spacial score (nSPS) is 14.9. The van der Waals surface area contributed by atoms with Gasteiger partial charge in [0.15, 0.2) is 0 Å². The second kappa shape index (κ2) is 10.2. The molecule has 2 aromatic heterocycles. The number of pyridine rings is 1. The van der Waals surface area contributed by atoms with Crippen molar-refractivity contribution in [2.24, 2.45) is 13.0 Å². The second-order valence-corrected chi connectivity index (χ2v) is 9.96. The minimum absolute atomic E-state index is 0.0369. The molecule has 0 saturated carbocycles. The lowest BCUT2D eigenvalue weighted by Gasteiger charge is -2.33. The van der Waals surface area contributed by atoms with Crippen molar-refractivity contribution in [2.75, 3.05) is 25.5 Å². The van der Waals surface area contributed by atoms with Crippen LogP contribution in [-0.2, 0) is 18.0 Å². The van der Waals surface area contributed by atoms with E-state index in [1.807, 2.05) is 13.8 Å². The van der Waals surface area contributed by atoms with Crippen molar-refractivity contribution in [1.29, 1.82) is 0 Å². The highest BCUT2D eigenvalue weighted by Crippen LogP contribution is 2.44. The van der Waals surface area contributed by atoms with Crippen LogP contribution in [0.25, 0.3) is 11.0 Å². The molecule has 1 N–H and O–H groups in total. The Hall–Kier alpha value is -3.27. The van der Waals surface area contributed by atoms with Crippen molar-refractivity contribution in [3.63, 3.8) is 0 Å². The number of alkyl halides is 3. The lowest BCUT2D eigenvalue weighted by molar-refractivity contribution is -0.136. The number of hydrogen-bond donors (Lipinski definition) is 1. The number of nitrogens with one attached hydrogen (secondary N) is 1. The van der Waals surface area contributed by atoms with E-state index in [1.54, 1.807) is 22.7 Å². The third kappa shape index (κ3) is 5.39. The number of anilines is 1. The van der Waals surface area contributed by atoms with Gasteiger partial charge in [0.05, 0.1) is 24.6 Å². The van der Waals surface area contributed by atoms with Crippen LogP contribution >= 0.6 is 11.6 Å². The first-order valence-corrected chi connectivity index (χ1v) is 12.3. The maximum atomic E-state index is 14.5. The summed E-state index contributed by atoms with van der Waals surface area (Å²) in [6, 6.07) is 4.22. The summed E-state index contributed by atoms with van der Waals surface area (Å²) < 4.78 is 50.3.